The minimum Gasteiger partial charge on any atom is -0.480 e. The van der Waals surface area contributed by atoms with Gasteiger partial charge in [0, 0.05) is 38.4 Å². The Bertz CT molecular complexity index is 1180. The highest BCUT2D eigenvalue weighted by Crippen LogP contribution is 2.28. The second-order valence-corrected chi connectivity index (χ2v) is 11.3. The number of nitrogens with one attached hydrogen (secondary N) is 2. The molecule has 2 aromatic heterocycles. The number of fused-ring (bicyclic) bond motifs is 1. The lowest BCUT2D eigenvalue weighted by atomic mass is 10.1. The fourth-order valence-electron chi connectivity index (χ4n) is 4.59. The standard InChI is InChI=1S/C28H41F3N6O4/c1-27(2,3)41-17-16-37(14-6-5-9-20-11-10-19-8-7-13-32-24(19)33-20)15-12-21(26(39)40)34-25(38)22-18-23(28(29,30)31)35-36(22)4/h10-11,18,21H,5-9,12-17H2,1-4H3,(H,32,33)(H,34,38)(H,39,40). The lowest BCUT2D eigenvalue weighted by Gasteiger charge is -2.27. The summed E-state index contributed by atoms with van der Waals surface area (Å²) in [5.74, 6) is -1.23. The van der Waals surface area contributed by atoms with Crippen LogP contribution in [-0.4, -0.2) is 81.1 Å². The molecule has 0 fully saturated rings. The van der Waals surface area contributed by atoms with E-state index < -0.39 is 29.8 Å². The summed E-state index contributed by atoms with van der Waals surface area (Å²) in [4.78, 5) is 31.4. The maximum absolute atomic E-state index is 13.0. The van der Waals surface area contributed by atoms with Crippen molar-refractivity contribution in [3.63, 3.8) is 0 Å². The van der Waals surface area contributed by atoms with Gasteiger partial charge in [-0.25, -0.2) is 9.78 Å². The van der Waals surface area contributed by atoms with Crippen molar-refractivity contribution < 1.29 is 32.6 Å². The van der Waals surface area contributed by atoms with Crippen LogP contribution in [0.25, 0.3) is 0 Å². The van der Waals surface area contributed by atoms with Crippen molar-refractivity contribution in [3.05, 3.63) is 40.8 Å². The molecule has 13 heteroatoms. The molecule has 41 heavy (non-hydrogen) atoms. The molecule has 0 saturated carbocycles. The monoisotopic (exact) mass is 582 g/mol. The Hall–Kier alpha value is -3.19. The summed E-state index contributed by atoms with van der Waals surface area (Å²) in [6.45, 7) is 8.85. The Morgan fingerprint density at radius 3 is 2.61 bits per heavy atom. The third-order valence-corrected chi connectivity index (χ3v) is 6.79. The summed E-state index contributed by atoms with van der Waals surface area (Å²) < 4.78 is 45.6. The topological polar surface area (TPSA) is 122 Å². The summed E-state index contributed by atoms with van der Waals surface area (Å²) in [5, 5.41) is 18.7. The Morgan fingerprint density at radius 2 is 1.95 bits per heavy atom. The van der Waals surface area contributed by atoms with E-state index in [1.165, 1.54) is 12.6 Å². The number of hydrogen-bond acceptors (Lipinski definition) is 7. The third kappa shape index (κ3) is 10.3. The van der Waals surface area contributed by atoms with Crippen molar-refractivity contribution in [1.29, 1.82) is 0 Å². The first-order chi connectivity index (χ1) is 19.2. The fourth-order valence-corrected chi connectivity index (χ4v) is 4.59. The first-order valence-electron chi connectivity index (χ1n) is 14.0. The van der Waals surface area contributed by atoms with Crippen molar-refractivity contribution in [2.75, 3.05) is 38.1 Å². The molecule has 0 saturated heterocycles. The number of alkyl halides is 3. The van der Waals surface area contributed by atoms with E-state index in [0.717, 1.165) is 54.8 Å². The molecule has 3 rings (SSSR count). The molecular formula is C28H41F3N6O4. The maximum atomic E-state index is 13.0. The summed E-state index contributed by atoms with van der Waals surface area (Å²) >= 11 is 0. The van der Waals surface area contributed by atoms with E-state index in [9.17, 15) is 27.9 Å². The Labute approximate surface area is 238 Å². The van der Waals surface area contributed by atoms with E-state index in [2.05, 4.69) is 32.8 Å². The lowest BCUT2D eigenvalue weighted by Crippen LogP contribution is -2.44. The number of aryl methyl sites for hydroxylation is 3. The number of amides is 1. The maximum Gasteiger partial charge on any atom is 0.435 e. The average molecular weight is 583 g/mol. The highest BCUT2D eigenvalue weighted by atomic mass is 19.4. The van der Waals surface area contributed by atoms with Crippen molar-refractivity contribution >= 4 is 17.7 Å². The number of halogens is 3. The van der Waals surface area contributed by atoms with Gasteiger partial charge in [0.25, 0.3) is 5.91 Å². The quantitative estimate of drug-likeness (QED) is 0.287. The normalized spacial score (nSPS) is 14.4. The number of aliphatic carboxylic acids is 1. The average Bonchev–Trinajstić information content (AvgIpc) is 3.29. The van der Waals surface area contributed by atoms with Gasteiger partial charge in [-0.05, 0) is 77.5 Å². The van der Waals surface area contributed by atoms with E-state index in [0.29, 0.717) is 32.3 Å². The van der Waals surface area contributed by atoms with Crippen LogP contribution in [0.1, 0.15) is 73.9 Å². The van der Waals surface area contributed by atoms with Crippen molar-refractivity contribution in [3.8, 4) is 0 Å². The molecule has 0 bridgehead atoms. The van der Waals surface area contributed by atoms with Crippen LogP contribution < -0.4 is 10.6 Å². The number of nitrogens with zero attached hydrogens (tertiary/aromatic N) is 4. The largest absolute Gasteiger partial charge is 0.480 e. The molecule has 1 amide bonds. The molecule has 1 aliphatic rings. The third-order valence-electron chi connectivity index (χ3n) is 6.79. The highest BCUT2D eigenvalue weighted by molar-refractivity contribution is 5.95. The second kappa shape index (κ2) is 14.1. The van der Waals surface area contributed by atoms with Crippen LogP contribution in [0.4, 0.5) is 19.0 Å². The molecule has 0 radical (unpaired) electrons. The molecule has 1 aliphatic heterocycles. The van der Waals surface area contributed by atoms with Crippen LogP contribution in [0.15, 0.2) is 18.2 Å². The smallest absolute Gasteiger partial charge is 0.435 e. The van der Waals surface area contributed by atoms with Gasteiger partial charge >= 0.3 is 12.1 Å². The second-order valence-electron chi connectivity index (χ2n) is 11.3. The van der Waals surface area contributed by atoms with Gasteiger partial charge in [-0.15, -0.1) is 0 Å². The number of pyridine rings is 1. The molecule has 3 N–H and O–H groups in total. The zero-order valence-electron chi connectivity index (χ0n) is 24.2. The molecule has 2 aromatic rings. The number of anilines is 1. The number of unbranched alkanes of at least 4 members (excludes halogenated alkanes) is 1. The Kier molecular flexibility index (Phi) is 11.1. The molecule has 228 valence electrons. The van der Waals surface area contributed by atoms with Gasteiger partial charge in [-0.2, -0.15) is 18.3 Å². The molecule has 0 spiro atoms. The summed E-state index contributed by atoms with van der Waals surface area (Å²) in [7, 11) is 1.20. The molecule has 3 heterocycles. The number of carbonyl (C=O) groups is 2. The van der Waals surface area contributed by atoms with E-state index in [1.807, 2.05) is 20.8 Å². The molecular weight excluding hydrogens is 541 g/mol. The van der Waals surface area contributed by atoms with Gasteiger partial charge in [0.05, 0.1) is 12.2 Å². The molecule has 0 aliphatic carbocycles. The number of aromatic nitrogens is 3. The van der Waals surface area contributed by atoms with Gasteiger partial charge < -0.3 is 25.4 Å². The summed E-state index contributed by atoms with van der Waals surface area (Å²) in [6, 6.07) is 3.53. The van der Waals surface area contributed by atoms with Crippen LogP contribution in [0.2, 0.25) is 0 Å². The number of carboxylic acids is 1. The number of rotatable bonds is 14. The fraction of sp³-hybridized carbons (Fsp3) is 0.643. The number of hydrogen-bond donors (Lipinski definition) is 3. The zero-order valence-corrected chi connectivity index (χ0v) is 24.2. The van der Waals surface area contributed by atoms with Crippen LogP contribution in [0.3, 0.4) is 0 Å². The molecule has 0 aromatic carbocycles. The van der Waals surface area contributed by atoms with Gasteiger partial charge in [-0.3, -0.25) is 9.48 Å². The van der Waals surface area contributed by atoms with Gasteiger partial charge in [0.15, 0.2) is 5.69 Å². The predicted octanol–water partition coefficient (Wildman–Crippen LogP) is 3.91. The van der Waals surface area contributed by atoms with E-state index in [4.69, 9.17) is 9.72 Å². The van der Waals surface area contributed by atoms with E-state index >= 15 is 0 Å². The molecule has 1 atom stereocenters. The minimum atomic E-state index is -4.72. The van der Waals surface area contributed by atoms with E-state index in [-0.39, 0.29) is 17.7 Å². The predicted molar refractivity (Wildman–Crippen MR) is 148 cm³/mol. The minimum absolute atomic E-state index is 0.0681. The van der Waals surface area contributed by atoms with Crippen molar-refractivity contribution in [2.24, 2.45) is 7.05 Å². The summed E-state index contributed by atoms with van der Waals surface area (Å²) in [5.41, 5.74) is 0.356. The number of ether oxygens (including phenoxy) is 1. The molecule has 1 unspecified atom stereocenters. The van der Waals surface area contributed by atoms with Gasteiger partial charge in [0.2, 0.25) is 0 Å². The van der Waals surface area contributed by atoms with Crippen molar-refractivity contribution in [2.45, 2.75) is 77.1 Å². The SMILES string of the molecule is Cn1nc(C(F)(F)F)cc1C(=O)NC(CCN(CCCCc1ccc2c(n1)NCCC2)CCOC(C)(C)C)C(=O)O. The van der Waals surface area contributed by atoms with Gasteiger partial charge in [-0.1, -0.05) is 6.07 Å². The Morgan fingerprint density at radius 1 is 1.20 bits per heavy atom. The van der Waals surface area contributed by atoms with Gasteiger partial charge in [0.1, 0.15) is 17.6 Å². The number of carbonyl (C=O) groups excluding carboxylic acids is 1. The van der Waals surface area contributed by atoms with Crippen LogP contribution in [0.5, 0.6) is 0 Å². The molecule has 10 nitrogen and oxygen atoms in total. The van der Waals surface area contributed by atoms with Crippen LogP contribution in [0, 0.1) is 0 Å². The number of carboxylic acid groups (broad SMARTS) is 1. The zero-order chi connectivity index (χ0) is 30.2. The van der Waals surface area contributed by atoms with Crippen molar-refractivity contribution in [1.82, 2.24) is 25.0 Å². The van der Waals surface area contributed by atoms with E-state index in [1.54, 1.807) is 0 Å². The first-order valence-corrected chi connectivity index (χ1v) is 14.0. The highest BCUT2D eigenvalue weighted by Gasteiger charge is 2.36. The summed E-state index contributed by atoms with van der Waals surface area (Å²) in [6.07, 6.45) is 0.0566. The van der Waals surface area contributed by atoms with Crippen LogP contribution in [-0.2, 0) is 35.6 Å². The lowest BCUT2D eigenvalue weighted by molar-refractivity contribution is -0.141. The van der Waals surface area contributed by atoms with Crippen LogP contribution >= 0.6 is 0 Å². The first kappa shape index (κ1) is 32.3. The Balaban J connectivity index is 1.56.